The number of nitrogens with two attached hydrogens (primary N) is 1. The molecule has 2 rings (SSSR count). The van der Waals surface area contributed by atoms with E-state index in [4.69, 9.17) is 5.73 Å². The number of carbonyl (C=O) groups excluding carboxylic acids is 1. The van der Waals surface area contributed by atoms with Gasteiger partial charge in [0.2, 0.25) is 5.91 Å². The van der Waals surface area contributed by atoms with E-state index < -0.39 is 6.04 Å². The molecular formula is C16H25ClN2O. The van der Waals surface area contributed by atoms with Crippen LogP contribution in [0.5, 0.6) is 0 Å². The fraction of sp³-hybridized carbons (Fsp3) is 0.562. The summed E-state index contributed by atoms with van der Waals surface area (Å²) in [4.78, 5) is 12.0. The van der Waals surface area contributed by atoms with Crippen LogP contribution < -0.4 is 11.1 Å². The number of benzene rings is 1. The summed E-state index contributed by atoms with van der Waals surface area (Å²) in [6.07, 6.45) is 5.50. The zero-order valence-electron chi connectivity index (χ0n) is 12.1. The van der Waals surface area contributed by atoms with E-state index in [9.17, 15) is 4.79 Å². The van der Waals surface area contributed by atoms with Gasteiger partial charge in [-0.3, -0.25) is 4.79 Å². The Bertz CT molecular complexity index is 412. The lowest BCUT2D eigenvalue weighted by atomic mass is 9.67. The molecule has 0 unspecified atom stereocenters. The highest BCUT2D eigenvalue weighted by molar-refractivity contribution is 5.85. The van der Waals surface area contributed by atoms with E-state index in [0.29, 0.717) is 11.8 Å². The highest BCUT2D eigenvalue weighted by atomic mass is 35.5. The Labute approximate surface area is 127 Å². The predicted molar refractivity (Wildman–Crippen MR) is 85.0 cm³/mol. The Hall–Kier alpha value is -1.06. The minimum absolute atomic E-state index is 0. The van der Waals surface area contributed by atoms with Crippen molar-refractivity contribution in [2.75, 3.05) is 6.54 Å². The summed E-state index contributed by atoms with van der Waals surface area (Å²) in [7, 11) is 0. The first kappa shape index (κ1) is 17.0. The third-order valence-electron chi connectivity index (χ3n) is 4.44. The second kappa shape index (κ2) is 7.65. The van der Waals surface area contributed by atoms with Crippen molar-refractivity contribution in [1.82, 2.24) is 5.32 Å². The average molecular weight is 297 g/mol. The molecule has 1 atom stereocenters. The van der Waals surface area contributed by atoms with Gasteiger partial charge >= 0.3 is 0 Å². The molecule has 1 saturated carbocycles. The molecule has 0 bridgehead atoms. The Morgan fingerprint density at radius 2 is 2.00 bits per heavy atom. The van der Waals surface area contributed by atoms with Gasteiger partial charge in [0.1, 0.15) is 0 Å². The fourth-order valence-corrected chi connectivity index (χ4v) is 2.70. The van der Waals surface area contributed by atoms with Gasteiger partial charge in [-0.1, -0.05) is 43.7 Å². The highest BCUT2D eigenvalue weighted by Crippen LogP contribution is 2.42. The minimum Gasteiger partial charge on any atom is -0.354 e. The Balaban J connectivity index is 0.00000200. The summed E-state index contributed by atoms with van der Waals surface area (Å²) < 4.78 is 0. The summed E-state index contributed by atoms with van der Waals surface area (Å²) in [6.45, 7) is 2.99. The zero-order valence-corrected chi connectivity index (χ0v) is 12.9. The molecule has 1 aromatic carbocycles. The maximum Gasteiger partial charge on any atom is 0.237 e. The van der Waals surface area contributed by atoms with Crippen molar-refractivity contribution in [3.63, 3.8) is 0 Å². The summed E-state index contributed by atoms with van der Waals surface area (Å²) in [6, 6.07) is 9.48. The lowest BCUT2D eigenvalue weighted by molar-refractivity contribution is -0.123. The van der Waals surface area contributed by atoms with E-state index in [1.807, 2.05) is 30.3 Å². The van der Waals surface area contributed by atoms with Gasteiger partial charge in [0, 0.05) is 6.54 Å². The lowest BCUT2D eigenvalue weighted by Gasteiger charge is -2.41. The largest absolute Gasteiger partial charge is 0.354 e. The summed E-state index contributed by atoms with van der Waals surface area (Å²) in [5.41, 5.74) is 7.43. The van der Waals surface area contributed by atoms with Crippen LogP contribution in [0.2, 0.25) is 0 Å². The van der Waals surface area contributed by atoms with E-state index in [2.05, 4.69) is 12.2 Å². The molecule has 0 spiro atoms. The molecule has 0 radical (unpaired) electrons. The van der Waals surface area contributed by atoms with Crippen LogP contribution in [0.15, 0.2) is 30.3 Å². The molecule has 1 aliphatic rings. The zero-order chi connectivity index (χ0) is 13.7. The summed E-state index contributed by atoms with van der Waals surface area (Å²) >= 11 is 0. The molecule has 20 heavy (non-hydrogen) atoms. The van der Waals surface area contributed by atoms with Crippen molar-refractivity contribution in [1.29, 1.82) is 0 Å². The summed E-state index contributed by atoms with van der Waals surface area (Å²) in [5, 5.41) is 3.03. The molecule has 112 valence electrons. The summed E-state index contributed by atoms with van der Waals surface area (Å²) in [5.74, 6) is -0.0245. The molecule has 0 aromatic heterocycles. The smallest absolute Gasteiger partial charge is 0.237 e. The Kier molecular flexibility index (Phi) is 6.50. The van der Waals surface area contributed by atoms with Crippen LogP contribution in [-0.4, -0.2) is 18.5 Å². The van der Waals surface area contributed by atoms with Crippen molar-refractivity contribution in [2.24, 2.45) is 11.1 Å². The van der Waals surface area contributed by atoms with Gasteiger partial charge in [0.15, 0.2) is 0 Å². The Morgan fingerprint density at radius 3 is 2.50 bits per heavy atom. The molecule has 3 nitrogen and oxygen atoms in total. The minimum atomic E-state index is -0.448. The first-order chi connectivity index (χ1) is 9.15. The number of carbonyl (C=O) groups is 1. The number of amides is 1. The quantitative estimate of drug-likeness (QED) is 0.848. The van der Waals surface area contributed by atoms with Crippen LogP contribution in [0.4, 0.5) is 0 Å². The van der Waals surface area contributed by atoms with E-state index in [1.165, 1.54) is 19.3 Å². The number of hydrogen-bond acceptors (Lipinski definition) is 2. The molecule has 1 amide bonds. The van der Waals surface area contributed by atoms with E-state index >= 15 is 0 Å². The molecule has 1 fully saturated rings. The second-order valence-corrected chi connectivity index (χ2v) is 5.72. The molecule has 0 heterocycles. The highest BCUT2D eigenvalue weighted by Gasteiger charge is 2.35. The van der Waals surface area contributed by atoms with Gasteiger partial charge in [0.25, 0.3) is 0 Å². The SMILES string of the molecule is CCC1(CNC(=O)[C@@H](N)Cc2ccccc2)CCC1.Cl. The average Bonchev–Trinajstić information content (AvgIpc) is 2.39. The van der Waals surface area contributed by atoms with Crippen LogP contribution in [0, 0.1) is 5.41 Å². The van der Waals surface area contributed by atoms with Gasteiger partial charge < -0.3 is 11.1 Å². The van der Waals surface area contributed by atoms with Gasteiger partial charge in [-0.2, -0.15) is 0 Å². The monoisotopic (exact) mass is 296 g/mol. The predicted octanol–water partition coefficient (Wildman–Crippen LogP) is 2.67. The van der Waals surface area contributed by atoms with Gasteiger partial charge in [-0.15, -0.1) is 12.4 Å². The van der Waals surface area contributed by atoms with Gasteiger partial charge in [-0.05, 0) is 36.7 Å². The van der Waals surface area contributed by atoms with Crippen molar-refractivity contribution in [3.05, 3.63) is 35.9 Å². The molecule has 3 N–H and O–H groups in total. The van der Waals surface area contributed by atoms with Crippen molar-refractivity contribution in [2.45, 2.75) is 45.1 Å². The maximum absolute atomic E-state index is 12.0. The van der Waals surface area contributed by atoms with Crippen molar-refractivity contribution >= 4 is 18.3 Å². The van der Waals surface area contributed by atoms with Gasteiger partial charge in [0.05, 0.1) is 6.04 Å². The van der Waals surface area contributed by atoms with Crippen LogP contribution in [0.3, 0.4) is 0 Å². The van der Waals surface area contributed by atoms with Crippen molar-refractivity contribution < 1.29 is 4.79 Å². The molecule has 0 saturated heterocycles. The lowest BCUT2D eigenvalue weighted by Crippen LogP contribution is -2.48. The van der Waals surface area contributed by atoms with Gasteiger partial charge in [-0.25, -0.2) is 0 Å². The van der Waals surface area contributed by atoms with Crippen molar-refractivity contribution in [3.8, 4) is 0 Å². The molecular weight excluding hydrogens is 272 g/mol. The maximum atomic E-state index is 12.0. The number of rotatable bonds is 6. The van der Waals surface area contributed by atoms with Crippen LogP contribution >= 0.6 is 12.4 Å². The standard InChI is InChI=1S/C16H24N2O.ClH/c1-2-16(9-6-10-16)12-18-15(19)14(17)11-13-7-4-3-5-8-13;/h3-5,7-8,14H,2,6,9-12,17H2,1H3,(H,18,19);1H/t14-;/m0./s1. The van der Waals surface area contributed by atoms with Crippen LogP contribution in [0.25, 0.3) is 0 Å². The second-order valence-electron chi connectivity index (χ2n) is 5.72. The number of hydrogen-bond donors (Lipinski definition) is 2. The Morgan fingerprint density at radius 1 is 1.35 bits per heavy atom. The van der Waals surface area contributed by atoms with E-state index in [-0.39, 0.29) is 18.3 Å². The van der Waals surface area contributed by atoms with Crippen LogP contribution in [-0.2, 0) is 11.2 Å². The number of halogens is 1. The normalized spacial score (nSPS) is 17.5. The first-order valence-electron chi connectivity index (χ1n) is 7.22. The molecule has 4 heteroatoms. The number of nitrogens with one attached hydrogen (secondary N) is 1. The molecule has 1 aliphatic carbocycles. The third kappa shape index (κ3) is 4.22. The van der Waals surface area contributed by atoms with E-state index in [0.717, 1.165) is 18.5 Å². The molecule has 1 aromatic rings. The third-order valence-corrected chi connectivity index (χ3v) is 4.44. The molecule has 0 aliphatic heterocycles. The fourth-order valence-electron chi connectivity index (χ4n) is 2.70. The topological polar surface area (TPSA) is 55.1 Å². The van der Waals surface area contributed by atoms with E-state index in [1.54, 1.807) is 0 Å². The van der Waals surface area contributed by atoms with Crippen LogP contribution in [0.1, 0.15) is 38.2 Å². The first-order valence-corrected chi connectivity index (χ1v) is 7.22.